The van der Waals surface area contributed by atoms with Crippen LogP contribution in [0.4, 0.5) is 9.59 Å². The molecule has 322 valence electrons. The van der Waals surface area contributed by atoms with Crippen molar-refractivity contribution in [2.75, 3.05) is 39.3 Å². The van der Waals surface area contributed by atoms with Crippen molar-refractivity contribution in [1.82, 2.24) is 30.1 Å². The molecule has 0 bridgehead atoms. The van der Waals surface area contributed by atoms with Gasteiger partial charge in [-0.25, -0.2) is 24.5 Å². The zero-order valence-corrected chi connectivity index (χ0v) is 35.4. The van der Waals surface area contributed by atoms with E-state index < -0.39 is 11.2 Å². The van der Waals surface area contributed by atoms with Crippen molar-refractivity contribution in [2.45, 2.75) is 94.3 Å². The molecule has 6 fully saturated rings. The van der Waals surface area contributed by atoms with E-state index in [0.29, 0.717) is 30.3 Å². The molecule has 11 heteroatoms. The topological polar surface area (TPSA) is 110 Å². The number of carbonyl (C=O) groups excluding carboxylic acids is 2. The predicted octanol–water partition coefficient (Wildman–Crippen LogP) is 9.36. The molecule has 9 rings (SSSR count). The van der Waals surface area contributed by atoms with Crippen molar-refractivity contribution in [2.24, 2.45) is 34.0 Å². The van der Waals surface area contributed by atoms with Gasteiger partial charge in [0.15, 0.2) is 0 Å². The molecule has 3 aliphatic carbocycles. The lowest BCUT2D eigenvalue weighted by atomic mass is 10.1. The maximum atomic E-state index is 12.1. The number of piperidine rings is 3. The monoisotopic (exact) mass is 880 g/mol. The minimum absolute atomic E-state index is 0. The molecular weight excluding hydrogens is 816 g/mol. The normalized spacial score (nSPS) is 26.3. The first kappa shape index (κ1) is 49.5. The molecular formula is C49H65BrN6O4. The Morgan fingerprint density at radius 2 is 1.15 bits per heavy atom. The zero-order chi connectivity index (χ0) is 40.9. The Bertz CT molecular complexity index is 2060. The summed E-state index contributed by atoms with van der Waals surface area (Å²) in [5.41, 5.74) is 1.06. The van der Waals surface area contributed by atoms with Crippen LogP contribution >= 0.6 is 15.9 Å². The lowest BCUT2D eigenvalue weighted by molar-refractivity contribution is 0.0258. The van der Waals surface area contributed by atoms with Gasteiger partial charge in [0.2, 0.25) is 0 Å². The molecule has 0 radical (unpaired) electrons. The Hall–Kier alpha value is -4.89. The van der Waals surface area contributed by atoms with E-state index in [2.05, 4.69) is 65.8 Å². The second-order valence-corrected chi connectivity index (χ2v) is 18.6. The molecule has 6 heterocycles. The van der Waals surface area contributed by atoms with Crippen molar-refractivity contribution >= 4 is 28.1 Å². The van der Waals surface area contributed by atoms with Crippen LogP contribution < -0.4 is 5.32 Å². The number of likely N-dealkylation sites (tertiary alicyclic amines) is 2. The molecule has 2 amide bonds. The summed E-state index contributed by atoms with van der Waals surface area (Å²) in [6, 6.07) is 17.3. The van der Waals surface area contributed by atoms with Gasteiger partial charge in [-0.05, 0) is 149 Å². The van der Waals surface area contributed by atoms with Crippen LogP contribution in [0, 0.1) is 70.0 Å². The number of fused-ring (bicyclic) bond motifs is 3. The molecule has 0 aromatic carbocycles. The molecule has 3 aromatic rings. The molecule has 1 N–H and O–H groups in total. The first-order valence-electron chi connectivity index (χ1n) is 19.6. The van der Waals surface area contributed by atoms with Gasteiger partial charge in [-0.3, -0.25) is 0 Å². The van der Waals surface area contributed by atoms with E-state index in [0.717, 1.165) is 60.9 Å². The summed E-state index contributed by atoms with van der Waals surface area (Å²) in [6.07, 6.45) is 13.7. The summed E-state index contributed by atoms with van der Waals surface area (Å²) < 4.78 is 11.6. The van der Waals surface area contributed by atoms with E-state index in [9.17, 15) is 9.59 Å². The SMILES string of the molecule is Brc1ccccn1.C.C.C.C#CC12CC1CN(C(=O)OC(C)(C)C)C2.C(#CC12CNCC1C2)c1ccccn1.CC(C)(C)OC(=O)N1CC2CC2(C#Cc2ccccn2)C1. The Balaban J connectivity index is 0.000000221. The molecule has 0 spiro atoms. The zero-order valence-electron chi connectivity index (χ0n) is 33.8. The second kappa shape index (κ2) is 20.1. The third-order valence-corrected chi connectivity index (χ3v) is 11.3. The standard InChI is InChI=1S/C17H20N2O2.C12H12N2.C12H17NO2.C5H4BrN.3CH4/c1-16(2,3)21-15(20)19-11-13-10-17(13,12-19)8-7-14-6-4-5-9-18-14;1-2-6-14-11(3-1)4-5-12-7-10(12)8-13-9-12;1-5-12-6-9(12)7-13(8-12)10(14)15-11(2,3)4;6-5-3-1-2-4-7-5;;;/h4-6,9,13H,10-12H2,1-3H3;1-3,6,10,13H,7-9H2;1,9H,6-8H2,2-4H3;1-4H;3*1H4. The summed E-state index contributed by atoms with van der Waals surface area (Å²) in [5, 5.41) is 3.38. The molecule has 6 aliphatic rings. The summed E-state index contributed by atoms with van der Waals surface area (Å²) in [7, 11) is 0. The number of ether oxygens (including phenoxy) is 2. The molecule has 3 aromatic heterocycles. The number of amides is 2. The van der Waals surface area contributed by atoms with E-state index in [1.165, 1.54) is 6.42 Å². The summed E-state index contributed by atoms with van der Waals surface area (Å²) >= 11 is 3.20. The summed E-state index contributed by atoms with van der Waals surface area (Å²) in [5.74, 6) is 17.6. The third-order valence-electron chi connectivity index (χ3n) is 10.8. The smallest absolute Gasteiger partial charge is 0.410 e. The van der Waals surface area contributed by atoms with Gasteiger partial charge in [0.05, 0.1) is 10.8 Å². The molecule has 6 unspecified atom stereocenters. The Morgan fingerprint density at radius 1 is 0.700 bits per heavy atom. The van der Waals surface area contributed by atoms with Crippen LogP contribution in [-0.2, 0) is 9.47 Å². The maximum Gasteiger partial charge on any atom is 0.410 e. The molecule has 3 saturated heterocycles. The van der Waals surface area contributed by atoms with Gasteiger partial charge in [0.1, 0.15) is 27.2 Å². The molecule has 10 nitrogen and oxygen atoms in total. The van der Waals surface area contributed by atoms with E-state index >= 15 is 0 Å². The second-order valence-electron chi connectivity index (χ2n) is 17.8. The fourth-order valence-corrected chi connectivity index (χ4v) is 7.71. The van der Waals surface area contributed by atoms with E-state index in [-0.39, 0.29) is 45.3 Å². The van der Waals surface area contributed by atoms with Gasteiger partial charge in [0.25, 0.3) is 0 Å². The Morgan fingerprint density at radius 3 is 1.52 bits per heavy atom. The van der Waals surface area contributed by atoms with Crippen molar-refractivity contribution in [3.05, 3.63) is 89.2 Å². The molecule has 3 saturated carbocycles. The molecule has 3 aliphatic heterocycles. The first-order valence-corrected chi connectivity index (χ1v) is 20.4. The van der Waals surface area contributed by atoms with Crippen LogP contribution in [0.5, 0.6) is 0 Å². The average molecular weight is 882 g/mol. The van der Waals surface area contributed by atoms with Gasteiger partial charge in [-0.15, -0.1) is 6.42 Å². The minimum atomic E-state index is -0.448. The van der Waals surface area contributed by atoms with Crippen molar-refractivity contribution in [3.8, 4) is 36.0 Å². The quantitative estimate of drug-likeness (QED) is 0.176. The minimum Gasteiger partial charge on any atom is -0.444 e. The van der Waals surface area contributed by atoms with E-state index in [1.807, 2.05) is 96.1 Å². The highest BCUT2D eigenvalue weighted by molar-refractivity contribution is 9.10. The van der Waals surface area contributed by atoms with Crippen LogP contribution in [0.1, 0.15) is 94.5 Å². The van der Waals surface area contributed by atoms with Gasteiger partial charge in [0, 0.05) is 56.7 Å². The lowest BCUT2D eigenvalue weighted by Crippen LogP contribution is -2.37. The highest BCUT2D eigenvalue weighted by atomic mass is 79.9. The fourth-order valence-electron chi connectivity index (χ4n) is 7.44. The van der Waals surface area contributed by atoms with Crippen LogP contribution in [0.2, 0.25) is 0 Å². The van der Waals surface area contributed by atoms with Crippen molar-refractivity contribution in [3.63, 3.8) is 0 Å². The number of pyridine rings is 3. The number of carbonyl (C=O) groups is 2. The van der Waals surface area contributed by atoms with Crippen molar-refractivity contribution < 1.29 is 19.1 Å². The van der Waals surface area contributed by atoms with Gasteiger partial charge in [-0.2, -0.15) is 0 Å². The van der Waals surface area contributed by atoms with Crippen molar-refractivity contribution in [1.29, 1.82) is 0 Å². The van der Waals surface area contributed by atoms with E-state index in [1.54, 1.807) is 28.4 Å². The number of nitrogens with zero attached hydrogens (tertiary/aromatic N) is 5. The number of rotatable bonds is 0. The van der Waals surface area contributed by atoms with Crippen LogP contribution in [0.3, 0.4) is 0 Å². The number of halogens is 1. The number of aromatic nitrogens is 3. The number of terminal acetylenes is 1. The maximum absolute atomic E-state index is 12.1. The highest BCUT2D eigenvalue weighted by Gasteiger charge is 2.61. The predicted molar refractivity (Wildman–Crippen MR) is 243 cm³/mol. The van der Waals surface area contributed by atoms with Crippen LogP contribution in [0.15, 0.2) is 77.8 Å². The van der Waals surface area contributed by atoms with Crippen LogP contribution in [-0.4, -0.2) is 87.4 Å². The Kier molecular flexibility index (Phi) is 16.6. The van der Waals surface area contributed by atoms with Gasteiger partial charge < -0.3 is 24.6 Å². The Labute approximate surface area is 368 Å². The lowest BCUT2D eigenvalue weighted by Gasteiger charge is -2.25. The van der Waals surface area contributed by atoms with Crippen LogP contribution in [0.25, 0.3) is 0 Å². The summed E-state index contributed by atoms with van der Waals surface area (Å²) in [4.78, 5) is 39.6. The first-order chi connectivity index (χ1) is 27.0. The van der Waals surface area contributed by atoms with Gasteiger partial charge in [-0.1, -0.05) is 58.2 Å². The average Bonchev–Trinajstić information content (AvgIpc) is 4.08. The molecule has 6 atom stereocenters. The molecule has 60 heavy (non-hydrogen) atoms. The highest BCUT2D eigenvalue weighted by Crippen LogP contribution is 2.58. The largest absolute Gasteiger partial charge is 0.444 e. The number of hydrogen-bond donors (Lipinski definition) is 1. The van der Waals surface area contributed by atoms with E-state index in [4.69, 9.17) is 15.9 Å². The fraction of sp³-hybridized carbons (Fsp3) is 0.531. The summed E-state index contributed by atoms with van der Waals surface area (Å²) in [6.45, 7) is 16.4. The third kappa shape index (κ3) is 13.3. The number of hydrogen-bond acceptors (Lipinski definition) is 8. The number of nitrogens with one attached hydrogen (secondary N) is 1. The van der Waals surface area contributed by atoms with Gasteiger partial charge >= 0.3 is 12.2 Å².